The molecule has 108 valence electrons. The molecule has 2 aromatic rings. The third kappa shape index (κ3) is 5.91. The summed E-state index contributed by atoms with van der Waals surface area (Å²) in [6.45, 7) is 1.69. The van der Waals surface area contributed by atoms with E-state index in [-0.39, 0.29) is 24.8 Å². The van der Waals surface area contributed by atoms with Crippen LogP contribution in [0.1, 0.15) is 0 Å². The van der Waals surface area contributed by atoms with Crippen molar-refractivity contribution in [2.24, 2.45) is 0 Å². The second-order valence-electron chi connectivity index (χ2n) is 4.13. The molecule has 0 unspecified atom stereocenters. The molecule has 0 aliphatic carbocycles. The van der Waals surface area contributed by atoms with Crippen molar-refractivity contribution in [1.82, 2.24) is 0 Å². The van der Waals surface area contributed by atoms with E-state index >= 15 is 0 Å². The first kappa shape index (κ1) is 18.2. The molecule has 0 bridgehead atoms. The van der Waals surface area contributed by atoms with E-state index in [1.807, 2.05) is 49.1 Å². The van der Waals surface area contributed by atoms with Crippen LogP contribution in [-0.2, 0) is 13.1 Å². The Morgan fingerprint density at radius 2 is 1.00 bits per heavy atom. The second-order valence-corrected chi connectivity index (χ2v) is 4.13. The number of nitrogens with two attached hydrogens (primary N) is 2. The normalized spacial score (nSPS) is 9.80. The van der Waals surface area contributed by atoms with E-state index in [2.05, 4.69) is 21.3 Å². The first-order valence-electron chi connectivity index (χ1n) is 5.88. The molecule has 2 heterocycles. The van der Waals surface area contributed by atoms with Crippen LogP contribution in [0, 0.1) is 0 Å². The number of aromatic nitrogens is 2. The van der Waals surface area contributed by atoms with E-state index in [0.717, 1.165) is 24.5 Å². The van der Waals surface area contributed by atoms with E-state index in [1.165, 1.54) is 0 Å². The van der Waals surface area contributed by atoms with Gasteiger partial charge in [-0.1, -0.05) is 0 Å². The minimum atomic E-state index is 0. The number of hydrogen-bond acceptors (Lipinski definition) is 2. The summed E-state index contributed by atoms with van der Waals surface area (Å²) in [6, 6.07) is 7.57. The zero-order chi connectivity index (χ0) is 12.8. The van der Waals surface area contributed by atoms with Gasteiger partial charge in [-0.15, -0.1) is 0 Å². The standard InChI is InChI=1S/C14H16N4.2ClH/c15-13-3-9-17(10-4-13)7-1-2-8-18-11-5-14(16)6-12-18;;/h1-6,9-12,15-16H,7-8H2;2*1H. The highest BCUT2D eigenvalue weighted by Gasteiger charge is 1.97. The van der Waals surface area contributed by atoms with Gasteiger partial charge < -0.3 is 36.3 Å². The van der Waals surface area contributed by atoms with Gasteiger partial charge in [0.05, 0.1) is 0 Å². The number of nitrogens with zero attached hydrogens (tertiary/aromatic N) is 2. The minimum Gasteiger partial charge on any atom is -1.00 e. The highest BCUT2D eigenvalue weighted by molar-refractivity contribution is 5.32. The highest BCUT2D eigenvalue weighted by Crippen LogP contribution is 1.94. The fourth-order valence-electron chi connectivity index (χ4n) is 1.57. The Bertz CT molecular complexity index is 474. The number of halogens is 2. The molecule has 0 saturated heterocycles. The molecule has 0 aliphatic heterocycles. The van der Waals surface area contributed by atoms with E-state index in [4.69, 9.17) is 11.5 Å². The summed E-state index contributed by atoms with van der Waals surface area (Å²) in [7, 11) is 0. The van der Waals surface area contributed by atoms with Crippen molar-refractivity contribution in [3.8, 4) is 0 Å². The van der Waals surface area contributed by atoms with Crippen LogP contribution in [-0.4, -0.2) is 0 Å². The largest absolute Gasteiger partial charge is 1.00 e. The Morgan fingerprint density at radius 1 is 0.700 bits per heavy atom. The Hall–Kier alpha value is -1.78. The smallest absolute Gasteiger partial charge is 0.171 e. The molecule has 2 rings (SSSR count). The SMILES string of the molecule is Nc1cc[n+](CC=CC[n+]2ccc(N)cc2)cc1.[Cl-].[Cl-]. The summed E-state index contributed by atoms with van der Waals surface area (Å²) < 4.78 is 4.14. The van der Waals surface area contributed by atoms with Crippen LogP contribution >= 0.6 is 0 Å². The number of hydrogen-bond donors (Lipinski definition) is 2. The van der Waals surface area contributed by atoms with Crippen LogP contribution in [0.25, 0.3) is 0 Å². The average Bonchev–Trinajstić information content (AvgIpc) is 2.39. The van der Waals surface area contributed by atoms with Gasteiger partial charge in [0.1, 0.15) is 0 Å². The van der Waals surface area contributed by atoms with Crippen LogP contribution in [0.2, 0.25) is 0 Å². The fourth-order valence-corrected chi connectivity index (χ4v) is 1.57. The maximum atomic E-state index is 5.62. The summed E-state index contributed by atoms with van der Waals surface area (Å²) in [5.41, 5.74) is 12.8. The zero-order valence-electron chi connectivity index (χ0n) is 11.0. The number of rotatable bonds is 4. The summed E-state index contributed by atoms with van der Waals surface area (Å²) in [5.74, 6) is 0. The molecule has 0 radical (unpaired) electrons. The van der Waals surface area contributed by atoms with Gasteiger partial charge >= 0.3 is 0 Å². The van der Waals surface area contributed by atoms with E-state index in [0.29, 0.717) is 0 Å². The van der Waals surface area contributed by atoms with Crippen molar-refractivity contribution in [3.05, 3.63) is 61.2 Å². The Balaban J connectivity index is 0.00000180. The molecule has 2 aromatic heterocycles. The Kier molecular flexibility index (Phi) is 8.36. The third-order valence-electron chi connectivity index (χ3n) is 2.63. The van der Waals surface area contributed by atoms with Crippen LogP contribution in [0.4, 0.5) is 11.4 Å². The third-order valence-corrected chi connectivity index (χ3v) is 2.63. The van der Waals surface area contributed by atoms with Crippen LogP contribution in [0.15, 0.2) is 61.2 Å². The highest BCUT2D eigenvalue weighted by atomic mass is 35.5. The average molecular weight is 313 g/mol. The summed E-state index contributed by atoms with van der Waals surface area (Å²) in [6.07, 6.45) is 12.1. The molecule has 0 aromatic carbocycles. The molecule has 20 heavy (non-hydrogen) atoms. The number of pyridine rings is 2. The topological polar surface area (TPSA) is 59.8 Å². The number of allylic oxidation sites excluding steroid dienone is 2. The van der Waals surface area contributed by atoms with E-state index < -0.39 is 0 Å². The van der Waals surface area contributed by atoms with Crippen LogP contribution in [0.5, 0.6) is 0 Å². The van der Waals surface area contributed by atoms with Gasteiger partial charge in [0, 0.05) is 35.6 Å². The van der Waals surface area contributed by atoms with Gasteiger partial charge in [-0.25, -0.2) is 9.13 Å². The minimum absolute atomic E-state index is 0. The Morgan fingerprint density at radius 3 is 1.30 bits per heavy atom. The van der Waals surface area contributed by atoms with E-state index in [9.17, 15) is 0 Å². The molecular formula is C14H18Cl2N4. The first-order valence-corrected chi connectivity index (χ1v) is 5.88. The lowest BCUT2D eigenvalue weighted by Crippen LogP contribution is -3.00. The monoisotopic (exact) mass is 312 g/mol. The lowest BCUT2D eigenvalue weighted by molar-refractivity contribution is -0.691. The fraction of sp³-hybridized carbons (Fsp3) is 0.143. The van der Waals surface area contributed by atoms with Crippen molar-refractivity contribution < 1.29 is 33.9 Å². The van der Waals surface area contributed by atoms with Crippen molar-refractivity contribution in [2.45, 2.75) is 13.1 Å². The maximum Gasteiger partial charge on any atom is 0.171 e. The molecule has 0 saturated carbocycles. The Labute approximate surface area is 131 Å². The molecule has 6 heteroatoms. The second kappa shape index (κ2) is 9.18. The first-order chi connectivity index (χ1) is 8.74. The molecule has 0 atom stereocenters. The van der Waals surface area contributed by atoms with Crippen LogP contribution < -0.4 is 45.4 Å². The lowest BCUT2D eigenvalue weighted by atomic mass is 10.4. The van der Waals surface area contributed by atoms with Crippen LogP contribution in [0.3, 0.4) is 0 Å². The molecule has 0 fully saturated rings. The van der Waals surface area contributed by atoms with Gasteiger partial charge in [0.25, 0.3) is 0 Å². The lowest BCUT2D eigenvalue weighted by Gasteiger charge is -1.93. The maximum absolute atomic E-state index is 5.62. The predicted octanol–water partition coefficient (Wildman–Crippen LogP) is -5.31. The predicted molar refractivity (Wildman–Crippen MR) is 71.2 cm³/mol. The quantitative estimate of drug-likeness (QED) is 0.438. The van der Waals surface area contributed by atoms with Gasteiger partial charge in [-0.2, -0.15) is 0 Å². The molecular weight excluding hydrogens is 295 g/mol. The van der Waals surface area contributed by atoms with Crippen molar-refractivity contribution in [2.75, 3.05) is 11.5 Å². The summed E-state index contributed by atoms with van der Waals surface area (Å²) >= 11 is 0. The molecule has 4 N–H and O–H groups in total. The molecule has 0 amide bonds. The van der Waals surface area contributed by atoms with E-state index in [1.54, 1.807) is 0 Å². The number of anilines is 2. The van der Waals surface area contributed by atoms with Gasteiger partial charge in [-0.3, -0.25) is 0 Å². The molecule has 0 aliphatic rings. The number of nitrogen functional groups attached to an aromatic ring is 2. The van der Waals surface area contributed by atoms with Gasteiger partial charge in [-0.05, 0) is 12.2 Å². The van der Waals surface area contributed by atoms with Crippen molar-refractivity contribution in [1.29, 1.82) is 0 Å². The molecule has 0 spiro atoms. The van der Waals surface area contributed by atoms with Gasteiger partial charge in [0.15, 0.2) is 37.9 Å². The molecule has 4 nitrogen and oxygen atoms in total. The van der Waals surface area contributed by atoms with Crippen molar-refractivity contribution in [3.63, 3.8) is 0 Å². The summed E-state index contributed by atoms with van der Waals surface area (Å²) in [4.78, 5) is 0. The zero-order valence-corrected chi connectivity index (χ0v) is 12.5. The summed E-state index contributed by atoms with van der Waals surface area (Å²) in [5, 5.41) is 0. The van der Waals surface area contributed by atoms with Gasteiger partial charge in [0.2, 0.25) is 0 Å². The van der Waals surface area contributed by atoms with Crippen molar-refractivity contribution >= 4 is 11.4 Å².